The molecule has 174 valence electrons. The Hall–Kier alpha value is -2.74. The first kappa shape index (κ1) is 25.5. The van der Waals surface area contributed by atoms with Gasteiger partial charge in [0.05, 0.1) is 6.54 Å². The first-order chi connectivity index (χ1) is 14.8. The molecular weight excluding hydrogens is 441 g/mol. The number of benzene rings is 1. The molecule has 0 aliphatic heterocycles. The Morgan fingerprint density at radius 1 is 1.22 bits per heavy atom. The van der Waals surface area contributed by atoms with Crippen LogP contribution in [-0.2, 0) is 12.7 Å². The standard InChI is InChI=1S/C23H28ClF3N4O/c1-22(2,3)14-30(5)21(32)20-18(16-6-8-17(24)9-7-16)10-19(23(25,26)27)31(20)13-15(11-28)12-29-4/h6-12H,13-14,28H2,1-5H3. The molecule has 0 radical (unpaired) electrons. The summed E-state index contributed by atoms with van der Waals surface area (Å²) in [6, 6.07) is 7.33. The normalized spacial score (nSPS) is 13.1. The van der Waals surface area contributed by atoms with E-state index in [1.807, 2.05) is 20.8 Å². The summed E-state index contributed by atoms with van der Waals surface area (Å²) in [6.07, 6.45) is -2.14. The van der Waals surface area contributed by atoms with Crippen LogP contribution in [0.3, 0.4) is 0 Å². The number of amides is 1. The van der Waals surface area contributed by atoms with Gasteiger partial charge in [0.15, 0.2) is 0 Å². The average molecular weight is 469 g/mol. The van der Waals surface area contributed by atoms with Crippen molar-refractivity contribution in [1.29, 1.82) is 0 Å². The van der Waals surface area contributed by atoms with E-state index in [0.717, 1.165) is 10.6 Å². The lowest BCUT2D eigenvalue weighted by molar-refractivity contribution is -0.143. The average Bonchev–Trinajstić information content (AvgIpc) is 3.05. The second-order valence-corrected chi connectivity index (χ2v) is 9.17. The zero-order valence-electron chi connectivity index (χ0n) is 18.8. The molecule has 1 aromatic heterocycles. The second kappa shape index (κ2) is 9.81. The highest BCUT2D eigenvalue weighted by Gasteiger charge is 2.39. The Bertz CT molecular complexity index is 1020. The zero-order chi connectivity index (χ0) is 24.3. The lowest BCUT2D eigenvalue weighted by Crippen LogP contribution is -2.36. The Morgan fingerprint density at radius 2 is 1.81 bits per heavy atom. The highest BCUT2D eigenvalue weighted by molar-refractivity contribution is 6.30. The number of hydrogen-bond donors (Lipinski definition) is 1. The molecule has 2 rings (SSSR count). The Kier molecular flexibility index (Phi) is 7.83. The Balaban J connectivity index is 2.80. The van der Waals surface area contributed by atoms with E-state index in [9.17, 15) is 18.0 Å². The molecule has 9 heteroatoms. The molecule has 0 aliphatic carbocycles. The fraction of sp³-hybridized carbons (Fsp3) is 0.391. The fourth-order valence-electron chi connectivity index (χ4n) is 3.48. The van der Waals surface area contributed by atoms with Gasteiger partial charge < -0.3 is 15.2 Å². The number of halogens is 4. The van der Waals surface area contributed by atoms with Crippen LogP contribution in [0.1, 0.15) is 37.0 Å². The first-order valence-electron chi connectivity index (χ1n) is 9.93. The maximum absolute atomic E-state index is 14.0. The summed E-state index contributed by atoms with van der Waals surface area (Å²) in [5.74, 6) is -0.523. The number of carbonyl (C=O) groups is 1. The molecule has 0 bridgehead atoms. The van der Waals surface area contributed by atoms with E-state index in [-0.39, 0.29) is 23.2 Å². The molecule has 0 fully saturated rings. The number of alkyl halides is 3. The van der Waals surface area contributed by atoms with Gasteiger partial charge in [-0.1, -0.05) is 44.5 Å². The molecule has 32 heavy (non-hydrogen) atoms. The van der Waals surface area contributed by atoms with E-state index in [1.54, 1.807) is 31.3 Å². The molecule has 0 saturated heterocycles. The number of aliphatic imine (C=N–C) groups is 1. The number of allylic oxidation sites excluding steroid dienone is 1. The third-order valence-corrected chi connectivity index (χ3v) is 4.91. The topological polar surface area (TPSA) is 63.6 Å². The third-order valence-electron chi connectivity index (χ3n) is 4.65. The van der Waals surface area contributed by atoms with E-state index in [1.165, 1.54) is 24.4 Å². The van der Waals surface area contributed by atoms with Gasteiger partial charge in [-0.05, 0) is 29.2 Å². The first-order valence-corrected chi connectivity index (χ1v) is 10.3. The van der Waals surface area contributed by atoms with Crippen molar-refractivity contribution in [2.24, 2.45) is 16.1 Å². The van der Waals surface area contributed by atoms with E-state index < -0.39 is 17.8 Å². The molecule has 1 aromatic carbocycles. The molecule has 2 N–H and O–H groups in total. The van der Waals surface area contributed by atoms with Crippen LogP contribution in [0.2, 0.25) is 5.02 Å². The SMILES string of the molecule is CN=CC(=CN)Cn1c(C(F)(F)F)cc(-c2ccc(Cl)cc2)c1C(=O)N(C)CC(C)(C)C. The van der Waals surface area contributed by atoms with Crippen molar-refractivity contribution in [2.45, 2.75) is 33.5 Å². The van der Waals surface area contributed by atoms with Crippen LogP contribution < -0.4 is 5.73 Å². The smallest absolute Gasteiger partial charge is 0.404 e. The predicted molar refractivity (Wildman–Crippen MR) is 123 cm³/mol. The Morgan fingerprint density at radius 3 is 2.28 bits per heavy atom. The molecular formula is C23H28ClF3N4O. The minimum absolute atomic E-state index is 0.0738. The van der Waals surface area contributed by atoms with Crippen LogP contribution >= 0.6 is 11.6 Å². The van der Waals surface area contributed by atoms with Crippen molar-refractivity contribution < 1.29 is 18.0 Å². The second-order valence-electron chi connectivity index (χ2n) is 8.73. The summed E-state index contributed by atoms with van der Waals surface area (Å²) in [6.45, 7) is 5.94. The number of hydrogen-bond acceptors (Lipinski definition) is 3. The summed E-state index contributed by atoms with van der Waals surface area (Å²) < 4.78 is 43.1. The van der Waals surface area contributed by atoms with Crippen LogP contribution in [0.25, 0.3) is 11.1 Å². The number of nitrogens with zero attached hydrogens (tertiary/aromatic N) is 3. The van der Waals surface area contributed by atoms with Crippen LogP contribution in [-0.4, -0.2) is 42.2 Å². The van der Waals surface area contributed by atoms with Crippen molar-refractivity contribution in [2.75, 3.05) is 20.6 Å². The molecule has 1 heterocycles. The Labute approximate surface area is 191 Å². The van der Waals surface area contributed by atoms with E-state index in [2.05, 4.69) is 4.99 Å². The minimum atomic E-state index is -4.69. The van der Waals surface area contributed by atoms with Gasteiger partial charge in [0.2, 0.25) is 0 Å². The van der Waals surface area contributed by atoms with Crippen molar-refractivity contribution in [3.8, 4) is 11.1 Å². The quantitative estimate of drug-likeness (QED) is 0.570. The highest BCUT2D eigenvalue weighted by atomic mass is 35.5. The van der Waals surface area contributed by atoms with Crippen molar-refractivity contribution in [1.82, 2.24) is 9.47 Å². The number of aromatic nitrogens is 1. The van der Waals surface area contributed by atoms with Crippen LogP contribution in [0, 0.1) is 5.41 Å². The molecule has 0 atom stereocenters. The largest absolute Gasteiger partial charge is 0.431 e. The molecule has 0 saturated carbocycles. The fourth-order valence-corrected chi connectivity index (χ4v) is 3.60. The summed E-state index contributed by atoms with van der Waals surface area (Å²) in [5, 5.41) is 0.439. The molecule has 5 nitrogen and oxygen atoms in total. The summed E-state index contributed by atoms with van der Waals surface area (Å²) in [5.41, 5.74) is 5.31. The molecule has 0 unspecified atom stereocenters. The maximum Gasteiger partial charge on any atom is 0.431 e. The van der Waals surface area contributed by atoms with Crippen molar-refractivity contribution >= 4 is 23.7 Å². The van der Waals surface area contributed by atoms with E-state index in [4.69, 9.17) is 17.3 Å². The van der Waals surface area contributed by atoms with Gasteiger partial charge in [-0.25, -0.2) is 0 Å². The van der Waals surface area contributed by atoms with E-state index in [0.29, 0.717) is 22.7 Å². The summed E-state index contributed by atoms with van der Waals surface area (Å²) >= 11 is 5.96. The van der Waals surface area contributed by atoms with Crippen molar-refractivity contribution in [3.05, 3.63) is 58.5 Å². The maximum atomic E-state index is 14.0. The summed E-state index contributed by atoms with van der Waals surface area (Å²) in [7, 11) is 3.07. The molecule has 0 spiro atoms. The molecule has 1 amide bonds. The lowest BCUT2D eigenvalue weighted by Gasteiger charge is -2.28. The van der Waals surface area contributed by atoms with Crippen molar-refractivity contribution in [3.63, 3.8) is 0 Å². The third kappa shape index (κ3) is 6.16. The summed E-state index contributed by atoms with van der Waals surface area (Å²) in [4.78, 5) is 18.8. The zero-order valence-corrected chi connectivity index (χ0v) is 19.6. The van der Waals surface area contributed by atoms with Crippen LogP contribution in [0.15, 0.2) is 47.1 Å². The number of rotatable bonds is 6. The van der Waals surface area contributed by atoms with Crippen LogP contribution in [0.5, 0.6) is 0 Å². The van der Waals surface area contributed by atoms with Gasteiger partial charge in [0.1, 0.15) is 11.4 Å². The van der Waals surface area contributed by atoms with Gasteiger partial charge >= 0.3 is 6.18 Å². The van der Waals surface area contributed by atoms with Gasteiger partial charge in [-0.15, -0.1) is 0 Å². The minimum Gasteiger partial charge on any atom is -0.404 e. The van der Waals surface area contributed by atoms with Gasteiger partial charge in [-0.3, -0.25) is 9.79 Å². The number of carbonyl (C=O) groups excluding carboxylic acids is 1. The van der Waals surface area contributed by atoms with Gasteiger partial charge in [0.25, 0.3) is 5.91 Å². The lowest BCUT2D eigenvalue weighted by atomic mass is 9.96. The number of nitrogens with two attached hydrogens (primary N) is 1. The monoisotopic (exact) mass is 468 g/mol. The molecule has 0 aliphatic rings. The van der Waals surface area contributed by atoms with Crippen LogP contribution in [0.4, 0.5) is 13.2 Å². The molecule has 2 aromatic rings. The van der Waals surface area contributed by atoms with Gasteiger partial charge in [-0.2, -0.15) is 13.2 Å². The van der Waals surface area contributed by atoms with Gasteiger partial charge in [0, 0.05) is 49.2 Å². The predicted octanol–water partition coefficient (Wildman–Crippen LogP) is 5.49. The highest BCUT2D eigenvalue weighted by Crippen LogP contribution is 2.38. The van der Waals surface area contributed by atoms with E-state index >= 15 is 0 Å².